The van der Waals surface area contributed by atoms with E-state index in [0.717, 1.165) is 47.3 Å². The maximum Gasteiger partial charge on any atom is 0.0541 e. The van der Waals surface area contributed by atoms with Crippen molar-refractivity contribution in [2.24, 2.45) is 47.3 Å². The van der Waals surface area contributed by atoms with E-state index >= 15 is 0 Å². The van der Waals surface area contributed by atoms with Gasteiger partial charge in [0.05, 0.1) is 11.0 Å². The zero-order valence-electron chi connectivity index (χ0n) is 59.9. The van der Waals surface area contributed by atoms with Crippen molar-refractivity contribution < 1.29 is 0 Å². The average Bonchev–Trinajstić information content (AvgIpc) is 1.49. The zero-order chi connectivity index (χ0) is 68.9. The van der Waals surface area contributed by atoms with Gasteiger partial charge in [-0.15, -0.1) is 0 Å². The van der Waals surface area contributed by atoms with Crippen molar-refractivity contribution in [2.75, 3.05) is 0 Å². The molecule has 8 bridgehead atoms. The molecular formula is C103H82N2Se. The average molecular weight is 1430 g/mol. The molecule has 16 aromatic rings. The monoisotopic (exact) mass is 1430 g/mol. The first kappa shape index (κ1) is 60.1. The summed E-state index contributed by atoms with van der Waals surface area (Å²) in [6.45, 7) is 0. The molecule has 510 valence electrons. The predicted octanol–water partition coefficient (Wildman–Crippen LogP) is 26.2. The molecule has 2 nitrogen and oxygen atoms in total. The Balaban J connectivity index is 0.000000123. The van der Waals surface area contributed by atoms with Gasteiger partial charge in [0.2, 0.25) is 0 Å². The maximum atomic E-state index is 2.65. The van der Waals surface area contributed by atoms with Crippen LogP contribution in [0.2, 0.25) is 0 Å². The SMILES string of the molecule is c1ccc2c(c1)-c1cc(-c3cccc4c3c3ccccc3n4-c3ccc(-c4ccc5[se]c6ccccc6c5c4)cc3)ccc1C21C2CC3CC(C2)CC1C3.c1ccc2c(c1)-c1cc(-n3c4ccccc4c4cc(-c5ccc6c(c5)C5(c7ccccc7-6)C6CC7CC(C6)CC5C7)ccc43)ccc1C21CCCC1. The van der Waals surface area contributed by atoms with Crippen molar-refractivity contribution in [3.05, 3.63) is 312 Å². The molecule has 13 aromatic carbocycles. The molecule has 0 unspecified atom stereocenters. The standard InChI is InChI=1S/C52H39NSe.C51H43N/c1-4-12-45-40(8-1)43-30-35(18-22-46(43)52(45)36-25-31-24-32(27-36)28-37(52)26-31)39-11-7-14-48-51(39)42-10-2-5-13-47(42)53(48)38-20-16-33(17-21-38)34-19-23-50-44(29-34)41-9-3-6-15-49(41)54-50;1-4-12-44-39(10-1)42-30-37(17-19-45(42)50(44)21-7-8-22-50)52-48-14-6-3-11-41(48)43-28-33(16-20-49(43)52)34-15-18-40-38-9-2-5-13-46(38)51(47(40)29-34)35-24-31-23-32(26-35)27-36(51)25-31/h1-23,29-32,36-37H,24-28H2;1-6,9-20,28-32,35-36H,7-8,21-27H2. The third-order valence-electron chi connectivity index (χ3n) is 29.9. The minimum Gasteiger partial charge on any atom is -0.309 e. The predicted molar refractivity (Wildman–Crippen MR) is 441 cm³/mol. The van der Waals surface area contributed by atoms with Gasteiger partial charge >= 0.3 is 180 Å². The van der Waals surface area contributed by atoms with Crippen molar-refractivity contribution >= 4 is 77.4 Å². The molecule has 0 aliphatic heterocycles. The maximum absolute atomic E-state index is 2.65. The molecule has 0 atom stereocenters. The van der Waals surface area contributed by atoms with E-state index in [0.29, 0.717) is 14.5 Å². The number of para-hydroxylation sites is 2. The van der Waals surface area contributed by atoms with Crippen molar-refractivity contribution in [3.8, 4) is 78.1 Å². The van der Waals surface area contributed by atoms with Gasteiger partial charge in [-0.2, -0.15) is 0 Å². The number of hydrogen-bond donors (Lipinski definition) is 0. The normalized spacial score (nSPS) is 25.2. The quantitative estimate of drug-likeness (QED) is 0.152. The molecule has 0 saturated heterocycles. The molecular weight excluding hydrogens is 1340 g/mol. The number of hydrogen-bond acceptors (Lipinski definition) is 0. The number of nitrogens with zero attached hydrogens (tertiary/aromatic N) is 2. The van der Waals surface area contributed by atoms with Crippen LogP contribution in [0.1, 0.15) is 123 Å². The first-order valence-corrected chi connectivity index (χ1v) is 42.0. The van der Waals surface area contributed by atoms with Crippen LogP contribution < -0.4 is 0 Å². The van der Waals surface area contributed by atoms with Crippen molar-refractivity contribution in [3.63, 3.8) is 0 Å². The Morgan fingerprint density at radius 2 is 0.698 bits per heavy atom. The number of benzene rings is 13. The van der Waals surface area contributed by atoms with Gasteiger partial charge in [-0.25, -0.2) is 0 Å². The van der Waals surface area contributed by atoms with Crippen LogP contribution in [0.25, 0.3) is 141 Å². The van der Waals surface area contributed by atoms with Gasteiger partial charge in [0, 0.05) is 32.7 Å². The largest absolute Gasteiger partial charge is 0.309 e. The first-order chi connectivity index (χ1) is 52.4. The van der Waals surface area contributed by atoms with E-state index in [1.807, 2.05) is 0 Å². The van der Waals surface area contributed by atoms with E-state index in [1.165, 1.54) is 231 Å². The topological polar surface area (TPSA) is 9.86 Å². The van der Waals surface area contributed by atoms with E-state index in [9.17, 15) is 0 Å². The summed E-state index contributed by atoms with van der Waals surface area (Å²) < 4.78 is 7.99. The second-order valence-electron chi connectivity index (χ2n) is 34.5. The second kappa shape index (κ2) is 22.1. The van der Waals surface area contributed by atoms with Gasteiger partial charge in [0.1, 0.15) is 0 Å². The minimum absolute atomic E-state index is 0.193. The molecule has 106 heavy (non-hydrogen) atoms. The summed E-state index contributed by atoms with van der Waals surface area (Å²) in [5.74, 6) is 6.96. The molecule has 12 aliphatic rings. The Bertz CT molecular complexity index is 6400. The van der Waals surface area contributed by atoms with Crippen molar-refractivity contribution in [1.82, 2.24) is 9.13 Å². The molecule has 3 heteroatoms. The Kier molecular flexibility index (Phi) is 12.5. The van der Waals surface area contributed by atoms with Gasteiger partial charge in [-0.05, 0) is 250 Å². The van der Waals surface area contributed by atoms with Crippen LogP contribution in [0, 0.1) is 47.3 Å². The van der Waals surface area contributed by atoms with Crippen LogP contribution in [0.15, 0.2) is 279 Å². The zero-order valence-corrected chi connectivity index (χ0v) is 61.6. The fourth-order valence-corrected chi connectivity index (χ4v) is 28.7. The van der Waals surface area contributed by atoms with Crippen LogP contribution in [-0.4, -0.2) is 23.6 Å². The van der Waals surface area contributed by atoms with Gasteiger partial charge in [0.25, 0.3) is 0 Å². The number of rotatable bonds is 5. The van der Waals surface area contributed by atoms with Gasteiger partial charge in [-0.1, -0.05) is 152 Å². The van der Waals surface area contributed by atoms with E-state index in [2.05, 4.69) is 288 Å². The third kappa shape index (κ3) is 8.04. The van der Waals surface area contributed by atoms with Crippen molar-refractivity contribution in [1.29, 1.82) is 0 Å². The summed E-state index contributed by atoms with van der Waals surface area (Å²) >= 11 is 0.394. The van der Waals surface area contributed by atoms with E-state index in [4.69, 9.17) is 0 Å². The summed E-state index contributed by atoms with van der Waals surface area (Å²) in [7, 11) is 0. The summed E-state index contributed by atoms with van der Waals surface area (Å²) in [6, 6.07) is 108. The van der Waals surface area contributed by atoms with Gasteiger partial charge < -0.3 is 4.57 Å². The Morgan fingerprint density at radius 1 is 0.255 bits per heavy atom. The Labute approximate surface area is 626 Å². The smallest absolute Gasteiger partial charge is 0.0541 e. The molecule has 0 N–H and O–H groups in total. The van der Waals surface area contributed by atoms with Crippen LogP contribution in [0.4, 0.5) is 0 Å². The summed E-state index contributed by atoms with van der Waals surface area (Å²) in [5.41, 5.74) is 34.6. The van der Waals surface area contributed by atoms with Crippen molar-refractivity contribution in [2.45, 2.75) is 106 Å². The Hall–Kier alpha value is -10.0. The van der Waals surface area contributed by atoms with Crippen LogP contribution in [-0.2, 0) is 16.2 Å². The van der Waals surface area contributed by atoms with E-state index in [1.54, 1.807) is 33.4 Å². The first-order valence-electron chi connectivity index (χ1n) is 40.2. The molecule has 9 saturated carbocycles. The molecule has 28 rings (SSSR count). The molecule has 3 aromatic heterocycles. The van der Waals surface area contributed by atoms with E-state index < -0.39 is 0 Å². The van der Waals surface area contributed by atoms with Crippen LogP contribution >= 0.6 is 0 Å². The fraction of sp³-hybridized carbons (Fsp3) is 0.243. The molecule has 9 fully saturated rings. The minimum atomic E-state index is 0.193. The molecule has 3 heterocycles. The second-order valence-corrected chi connectivity index (χ2v) is 36.8. The van der Waals surface area contributed by atoms with Crippen LogP contribution in [0.3, 0.4) is 0 Å². The summed E-state index contributed by atoms with van der Waals surface area (Å²) in [5, 5.41) is 8.14. The summed E-state index contributed by atoms with van der Waals surface area (Å²) in [4.78, 5) is 0. The molecule has 0 amide bonds. The Morgan fingerprint density at radius 3 is 1.42 bits per heavy atom. The van der Waals surface area contributed by atoms with Gasteiger partial charge in [-0.3, -0.25) is 0 Å². The van der Waals surface area contributed by atoms with Crippen LogP contribution in [0.5, 0.6) is 0 Å². The molecule has 0 radical (unpaired) electrons. The van der Waals surface area contributed by atoms with E-state index in [-0.39, 0.29) is 16.2 Å². The number of aromatic nitrogens is 2. The van der Waals surface area contributed by atoms with Gasteiger partial charge in [0.15, 0.2) is 0 Å². The molecule has 3 spiro atoms. The number of fused-ring (bicyclic) bond motifs is 20. The molecule has 12 aliphatic carbocycles. The third-order valence-corrected chi connectivity index (χ3v) is 32.3. The summed E-state index contributed by atoms with van der Waals surface area (Å²) in [6.07, 6.45) is 19.5. The fourth-order valence-electron chi connectivity index (χ4n) is 26.4.